The summed E-state index contributed by atoms with van der Waals surface area (Å²) in [6.45, 7) is 6.69. The van der Waals surface area contributed by atoms with Crippen molar-refractivity contribution in [3.8, 4) is 5.75 Å². The third-order valence-corrected chi connectivity index (χ3v) is 10.2. The number of rotatable bonds is 5. The first-order valence-corrected chi connectivity index (χ1v) is 13.3. The van der Waals surface area contributed by atoms with E-state index in [1.807, 2.05) is 48.5 Å². The van der Waals surface area contributed by atoms with E-state index < -0.39 is 7.82 Å². The molecule has 2 aromatic carbocycles. The molecule has 7 heteroatoms. The molecule has 1 heterocycles. The quantitative estimate of drug-likeness (QED) is 0.473. The fourth-order valence-electron chi connectivity index (χ4n) is 5.67. The summed E-state index contributed by atoms with van der Waals surface area (Å²) in [5.74, 6) is 1.51. The lowest BCUT2D eigenvalue weighted by Crippen LogP contribution is -2.36. The minimum Gasteiger partial charge on any atom is -0.496 e. The molecule has 5 rings (SSSR count). The summed E-state index contributed by atoms with van der Waals surface area (Å²) < 4.78 is 30.6. The molecule has 0 saturated heterocycles. The van der Waals surface area contributed by atoms with Crippen LogP contribution < -0.4 is 4.74 Å². The summed E-state index contributed by atoms with van der Waals surface area (Å²) in [6, 6.07) is 13.5. The van der Waals surface area contributed by atoms with Crippen LogP contribution in [0.25, 0.3) is 11.8 Å². The molecule has 2 aromatic rings. The molecule has 5 nitrogen and oxygen atoms in total. The highest BCUT2D eigenvalue weighted by molar-refractivity contribution is 7.99. The van der Waals surface area contributed by atoms with E-state index in [2.05, 4.69) is 20.8 Å². The predicted molar refractivity (Wildman–Crippen MR) is 126 cm³/mol. The minimum absolute atomic E-state index is 0.0782. The van der Waals surface area contributed by atoms with Gasteiger partial charge in [-0.05, 0) is 65.8 Å². The van der Waals surface area contributed by atoms with Crippen LogP contribution in [-0.4, -0.2) is 18.1 Å². The Kier molecular flexibility index (Phi) is 5.29. The highest BCUT2D eigenvalue weighted by atomic mass is 32.2. The molecule has 0 radical (unpaired) electrons. The van der Waals surface area contributed by atoms with E-state index in [4.69, 9.17) is 13.8 Å². The van der Waals surface area contributed by atoms with E-state index >= 15 is 0 Å². The zero-order valence-corrected chi connectivity index (χ0v) is 20.5. The Bertz CT molecular complexity index is 1140. The number of methoxy groups -OCH3 is 1. The van der Waals surface area contributed by atoms with Crippen molar-refractivity contribution in [2.45, 2.75) is 55.9 Å². The molecule has 1 aliphatic heterocycles. The maximum atomic E-state index is 13.3. The summed E-state index contributed by atoms with van der Waals surface area (Å²) in [5.41, 5.74) is 1.57. The maximum absolute atomic E-state index is 13.3. The summed E-state index contributed by atoms with van der Waals surface area (Å²) in [7, 11) is -2.75. The van der Waals surface area contributed by atoms with Crippen LogP contribution in [-0.2, 0) is 13.6 Å². The average molecular weight is 473 g/mol. The van der Waals surface area contributed by atoms with Gasteiger partial charge in [-0.2, -0.15) is 0 Å². The normalized spacial score (nSPS) is 29.3. The number of phosphoric ester groups is 1. The Morgan fingerprint density at radius 1 is 1.12 bits per heavy atom. The van der Waals surface area contributed by atoms with E-state index in [1.54, 1.807) is 18.9 Å². The molecule has 0 spiro atoms. The molecular weight excluding hydrogens is 443 g/mol. The van der Waals surface area contributed by atoms with Crippen LogP contribution in [0.3, 0.4) is 0 Å². The topological polar surface area (TPSA) is 65.0 Å². The van der Waals surface area contributed by atoms with Crippen molar-refractivity contribution in [3.05, 3.63) is 53.6 Å². The molecule has 1 N–H and O–H groups in total. The van der Waals surface area contributed by atoms with Gasteiger partial charge in [0.15, 0.2) is 0 Å². The summed E-state index contributed by atoms with van der Waals surface area (Å²) in [6.07, 6.45) is 4.45. The van der Waals surface area contributed by atoms with E-state index in [0.29, 0.717) is 23.0 Å². The second-order valence-corrected chi connectivity index (χ2v) is 12.1. The lowest BCUT2D eigenvalue weighted by atomic mass is 9.70. The van der Waals surface area contributed by atoms with Crippen LogP contribution in [0.15, 0.2) is 52.3 Å². The Morgan fingerprint density at radius 3 is 2.59 bits per heavy atom. The fraction of sp³-hybridized carbons (Fsp3) is 0.440. The SMILES string of the molecule is COc1cccc2c1Sc1ccccc1C=C2OP(=O)(O)O[C@H]1C[C@H]2CC[C@]1(C)C2(C)C. The van der Waals surface area contributed by atoms with Gasteiger partial charge >= 0.3 is 7.82 Å². The second kappa shape index (κ2) is 7.66. The minimum atomic E-state index is -4.37. The lowest BCUT2D eigenvalue weighted by molar-refractivity contribution is 0.0107. The molecule has 1 unspecified atom stereocenters. The lowest BCUT2D eigenvalue weighted by Gasteiger charge is -2.39. The van der Waals surface area contributed by atoms with Gasteiger partial charge in [-0.1, -0.05) is 56.8 Å². The van der Waals surface area contributed by atoms with Gasteiger partial charge in [-0.25, -0.2) is 4.57 Å². The second-order valence-electron chi connectivity index (χ2n) is 9.75. The maximum Gasteiger partial charge on any atom is 0.527 e. The van der Waals surface area contributed by atoms with Gasteiger partial charge in [0.1, 0.15) is 11.5 Å². The number of ether oxygens (including phenoxy) is 1. The zero-order valence-electron chi connectivity index (χ0n) is 18.8. The monoisotopic (exact) mass is 472 g/mol. The third kappa shape index (κ3) is 3.43. The summed E-state index contributed by atoms with van der Waals surface area (Å²) in [5, 5.41) is 0. The Balaban J connectivity index is 1.49. The summed E-state index contributed by atoms with van der Waals surface area (Å²) >= 11 is 1.56. The van der Waals surface area contributed by atoms with Gasteiger partial charge in [0.25, 0.3) is 0 Å². The largest absolute Gasteiger partial charge is 0.527 e. The van der Waals surface area contributed by atoms with Crippen LogP contribution in [0.2, 0.25) is 0 Å². The molecule has 32 heavy (non-hydrogen) atoms. The molecule has 2 saturated carbocycles. The Morgan fingerprint density at radius 2 is 1.91 bits per heavy atom. The van der Waals surface area contributed by atoms with Crippen LogP contribution in [0.5, 0.6) is 5.75 Å². The summed E-state index contributed by atoms with van der Waals surface area (Å²) in [4.78, 5) is 12.7. The van der Waals surface area contributed by atoms with Crippen LogP contribution >= 0.6 is 19.6 Å². The molecule has 170 valence electrons. The van der Waals surface area contributed by atoms with Crippen molar-refractivity contribution in [2.24, 2.45) is 16.7 Å². The van der Waals surface area contributed by atoms with E-state index in [-0.39, 0.29) is 16.9 Å². The smallest absolute Gasteiger partial charge is 0.496 e. The molecule has 2 aliphatic carbocycles. The first kappa shape index (κ1) is 22.1. The van der Waals surface area contributed by atoms with Crippen molar-refractivity contribution >= 4 is 31.4 Å². The molecule has 4 atom stereocenters. The van der Waals surface area contributed by atoms with Crippen molar-refractivity contribution in [2.75, 3.05) is 7.11 Å². The Labute approximate surface area is 193 Å². The van der Waals surface area contributed by atoms with E-state index in [0.717, 1.165) is 34.6 Å². The molecule has 2 fully saturated rings. The van der Waals surface area contributed by atoms with Crippen LogP contribution in [0.1, 0.15) is 51.2 Å². The number of phosphoric acid groups is 1. The number of hydrogen-bond donors (Lipinski definition) is 1. The first-order chi connectivity index (χ1) is 15.1. The highest BCUT2D eigenvalue weighted by Crippen LogP contribution is 2.69. The number of hydrogen-bond acceptors (Lipinski definition) is 5. The highest BCUT2D eigenvalue weighted by Gasteiger charge is 2.63. The van der Waals surface area contributed by atoms with Gasteiger partial charge < -0.3 is 9.26 Å². The van der Waals surface area contributed by atoms with Gasteiger partial charge in [0, 0.05) is 10.5 Å². The number of benzene rings is 2. The molecular formula is C25H29O5PS. The predicted octanol–water partition coefficient (Wildman–Crippen LogP) is 7.01. The fourth-order valence-corrected chi connectivity index (χ4v) is 7.89. The van der Waals surface area contributed by atoms with Crippen LogP contribution in [0, 0.1) is 16.7 Å². The third-order valence-electron chi connectivity index (χ3n) is 8.07. The number of fused-ring (bicyclic) bond motifs is 4. The molecule has 3 aliphatic rings. The van der Waals surface area contributed by atoms with Gasteiger partial charge in [0.2, 0.25) is 0 Å². The van der Waals surface area contributed by atoms with E-state index in [9.17, 15) is 9.46 Å². The van der Waals surface area contributed by atoms with Crippen molar-refractivity contribution < 1.29 is 23.2 Å². The molecule has 2 bridgehead atoms. The standard InChI is InChI=1S/C25H29O5PS/c1-24(2)17-12-13-25(24,3)22(15-17)30-31(26,27)29-20-14-16-8-5-6-11-21(16)32-23-18(20)9-7-10-19(23)28-4/h5-11,14,17,22H,12-13,15H2,1-4H3,(H,26,27)/t17-,22+,25+/m1/s1. The average Bonchev–Trinajstić information content (AvgIpc) is 2.99. The van der Waals surface area contributed by atoms with Crippen LogP contribution in [0.4, 0.5) is 0 Å². The van der Waals surface area contributed by atoms with Gasteiger partial charge in [-0.15, -0.1) is 0 Å². The van der Waals surface area contributed by atoms with Gasteiger partial charge in [-0.3, -0.25) is 9.42 Å². The van der Waals surface area contributed by atoms with Crippen molar-refractivity contribution in [1.82, 2.24) is 0 Å². The van der Waals surface area contributed by atoms with Crippen molar-refractivity contribution in [3.63, 3.8) is 0 Å². The molecule has 0 amide bonds. The molecule has 0 aromatic heterocycles. The zero-order chi connectivity index (χ0) is 22.7. The van der Waals surface area contributed by atoms with Crippen molar-refractivity contribution in [1.29, 1.82) is 0 Å². The Hall–Kier alpha value is -1.72. The van der Waals surface area contributed by atoms with Gasteiger partial charge in [0.05, 0.1) is 18.1 Å². The van der Waals surface area contributed by atoms with E-state index in [1.165, 1.54) is 0 Å². The first-order valence-electron chi connectivity index (χ1n) is 11.0.